The van der Waals surface area contributed by atoms with E-state index in [4.69, 9.17) is 9.47 Å². The minimum absolute atomic E-state index is 0.0417. The predicted octanol–water partition coefficient (Wildman–Crippen LogP) is 0.580. The molecule has 0 aromatic heterocycles. The lowest BCUT2D eigenvalue weighted by Gasteiger charge is -2.27. The normalized spacial score (nSPS) is 26.0. The lowest BCUT2D eigenvalue weighted by Crippen LogP contribution is -2.47. The first kappa shape index (κ1) is 18.1. The number of para-hydroxylation sites is 1. The summed E-state index contributed by atoms with van der Waals surface area (Å²) in [6, 6.07) is 8.51. The van der Waals surface area contributed by atoms with Gasteiger partial charge in [-0.25, -0.2) is 13.2 Å². The van der Waals surface area contributed by atoms with E-state index in [1.165, 1.54) is 11.4 Å². The summed E-state index contributed by atoms with van der Waals surface area (Å²) >= 11 is 0. The van der Waals surface area contributed by atoms with Gasteiger partial charge in [0.15, 0.2) is 0 Å². The second kappa shape index (κ2) is 7.69. The van der Waals surface area contributed by atoms with Gasteiger partial charge in [0.2, 0.25) is 10.0 Å². The fraction of sp³-hybridized carbons (Fsp3) is 0.562. The molecule has 2 aliphatic heterocycles. The molecule has 9 heteroatoms. The van der Waals surface area contributed by atoms with E-state index in [0.29, 0.717) is 25.4 Å². The molecule has 1 aromatic rings. The molecule has 0 saturated carbocycles. The SMILES string of the molecule is COCCN1[C@@H]2CN(C(=O)Nc3ccccc3)C[C@@H]2OCCS1(=O)=O. The third-order valence-electron chi connectivity index (χ3n) is 4.47. The van der Waals surface area contributed by atoms with E-state index in [0.717, 1.165) is 0 Å². The van der Waals surface area contributed by atoms with Crippen molar-refractivity contribution in [3.8, 4) is 0 Å². The average molecular weight is 369 g/mol. The first-order valence-corrected chi connectivity index (χ1v) is 9.83. The van der Waals surface area contributed by atoms with Gasteiger partial charge in [-0.1, -0.05) is 18.2 Å². The molecule has 1 N–H and O–H groups in total. The van der Waals surface area contributed by atoms with Gasteiger partial charge in [-0.05, 0) is 12.1 Å². The Balaban J connectivity index is 1.72. The molecule has 0 aliphatic carbocycles. The van der Waals surface area contributed by atoms with Gasteiger partial charge in [0.25, 0.3) is 0 Å². The van der Waals surface area contributed by atoms with Crippen LogP contribution in [-0.2, 0) is 19.5 Å². The number of carbonyl (C=O) groups is 1. The van der Waals surface area contributed by atoms with Crippen LogP contribution in [-0.4, -0.2) is 81.5 Å². The summed E-state index contributed by atoms with van der Waals surface area (Å²) in [4.78, 5) is 14.1. The van der Waals surface area contributed by atoms with E-state index in [1.807, 2.05) is 18.2 Å². The molecule has 0 spiro atoms. The minimum atomic E-state index is -3.42. The lowest BCUT2D eigenvalue weighted by molar-refractivity contribution is 0.0443. The number of urea groups is 1. The zero-order chi connectivity index (χ0) is 17.9. The van der Waals surface area contributed by atoms with E-state index in [-0.39, 0.29) is 37.1 Å². The molecule has 0 bridgehead atoms. The van der Waals surface area contributed by atoms with Crippen LogP contribution >= 0.6 is 0 Å². The van der Waals surface area contributed by atoms with Crippen molar-refractivity contribution < 1.29 is 22.7 Å². The number of fused-ring (bicyclic) bond motifs is 1. The fourth-order valence-corrected chi connectivity index (χ4v) is 4.71. The highest BCUT2D eigenvalue weighted by Crippen LogP contribution is 2.25. The van der Waals surface area contributed by atoms with Crippen LogP contribution in [0.1, 0.15) is 0 Å². The topological polar surface area (TPSA) is 88.2 Å². The summed E-state index contributed by atoms with van der Waals surface area (Å²) in [7, 11) is -1.89. The average Bonchev–Trinajstić information content (AvgIpc) is 2.95. The van der Waals surface area contributed by atoms with Gasteiger partial charge in [0.05, 0.1) is 37.7 Å². The molecule has 2 aliphatic rings. The molecular weight excluding hydrogens is 346 g/mol. The number of amides is 2. The van der Waals surface area contributed by atoms with Gasteiger partial charge in [-0.15, -0.1) is 0 Å². The summed E-state index contributed by atoms with van der Waals surface area (Å²) in [6.45, 7) is 1.37. The number of benzene rings is 1. The van der Waals surface area contributed by atoms with Crippen LogP contribution in [0.25, 0.3) is 0 Å². The maximum atomic E-state index is 12.5. The van der Waals surface area contributed by atoms with Crippen LogP contribution in [0.4, 0.5) is 10.5 Å². The van der Waals surface area contributed by atoms with Crippen LogP contribution < -0.4 is 5.32 Å². The van der Waals surface area contributed by atoms with Crippen molar-refractivity contribution in [3.63, 3.8) is 0 Å². The van der Waals surface area contributed by atoms with E-state index in [1.54, 1.807) is 17.0 Å². The highest BCUT2D eigenvalue weighted by Gasteiger charge is 2.45. The number of methoxy groups -OCH3 is 1. The second-order valence-corrected chi connectivity index (χ2v) is 8.14. The Morgan fingerprint density at radius 2 is 2.08 bits per heavy atom. The quantitative estimate of drug-likeness (QED) is 0.839. The number of nitrogens with one attached hydrogen (secondary N) is 1. The molecule has 1 aromatic carbocycles. The molecule has 2 fully saturated rings. The van der Waals surface area contributed by atoms with Crippen LogP contribution in [0.2, 0.25) is 0 Å². The zero-order valence-electron chi connectivity index (χ0n) is 14.1. The maximum Gasteiger partial charge on any atom is 0.321 e. The standard InChI is InChI=1S/C16H23N3O5S/c1-23-8-7-19-14-11-18(12-15(14)24-9-10-25(19,21)22)16(20)17-13-5-3-2-4-6-13/h2-6,14-15H,7-12H2,1H3,(H,17,20)/t14-,15+/m1/s1. The van der Waals surface area contributed by atoms with Gasteiger partial charge in [-0.2, -0.15) is 4.31 Å². The van der Waals surface area contributed by atoms with Gasteiger partial charge in [-0.3, -0.25) is 0 Å². The molecule has 138 valence electrons. The van der Waals surface area contributed by atoms with E-state index in [9.17, 15) is 13.2 Å². The number of sulfonamides is 1. The van der Waals surface area contributed by atoms with Crippen molar-refractivity contribution >= 4 is 21.7 Å². The molecule has 2 atom stereocenters. The van der Waals surface area contributed by atoms with Crippen LogP contribution in [0.3, 0.4) is 0 Å². The van der Waals surface area contributed by atoms with Gasteiger partial charge in [0, 0.05) is 25.9 Å². The Morgan fingerprint density at radius 1 is 1.32 bits per heavy atom. The van der Waals surface area contributed by atoms with Gasteiger partial charge in [0.1, 0.15) is 0 Å². The highest BCUT2D eigenvalue weighted by atomic mass is 32.2. The van der Waals surface area contributed by atoms with Crippen molar-refractivity contribution in [2.45, 2.75) is 12.1 Å². The third-order valence-corrected chi connectivity index (χ3v) is 6.32. The van der Waals surface area contributed by atoms with Crippen LogP contribution in [0, 0.1) is 0 Å². The molecule has 8 nitrogen and oxygen atoms in total. The number of rotatable bonds is 4. The number of ether oxygens (including phenoxy) is 2. The minimum Gasteiger partial charge on any atom is -0.383 e. The summed E-state index contributed by atoms with van der Waals surface area (Å²) in [5.41, 5.74) is 0.698. The summed E-state index contributed by atoms with van der Waals surface area (Å²) in [5, 5.41) is 2.83. The fourth-order valence-electron chi connectivity index (χ4n) is 3.20. The summed E-state index contributed by atoms with van der Waals surface area (Å²) in [6.07, 6.45) is -0.323. The monoisotopic (exact) mass is 369 g/mol. The zero-order valence-corrected chi connectivity index (χ0v) is 14.9. The Bertz CT molecular complexity index is 697. The van der Waals surface area contributed by atoms with Gasteiger partial charge < -0.3 is 19.7 Å². The van der Waals surface area contributed by atoms with Crippen molar-refractivity contribution in [2.24, 2.45) is 0 Å². The highest BCUT2D eigenvalue weighted by molar-refractivity contribution is 7.89. The molecule has 3 rings (SSSR count). The molecule has 2 amide bonds. The van der Waals surface area contributed by atoms with Crippen molar-refractivity contribution in [1.29, 1.82) is 0 Å². The number of hydrogen-bond donors (Lipinski definition) is 1. The van der Waals surface area contributed by atoms with Crippen LogP contribution in [0.15, 0.2) is 30.3 Å². The number of likely N-dealkylation sites (tertiary alicyclic amines) is 1. The molecule has 25 heavy (non-hydrogen) atoms. The number of carbonyl (C=O) groups excluding carboxylic acids is 1. The van der Waals surface area contributed by atoms with E-state index < -0.39 is 10.0 Å². The molecule has 0 radical (unpaired) electrons. The van der Waals surface area contributed by atoms with Crippen molar-refractivity contribution in [2.75, 3.05) is 51.0 Å². The number of hydrogen-bond acceptors (Lipinski definition) is 5. The van der Waals surface area contributed by atoms with E-state index >= 15 is 0 Å². The summed E-state index contributed by atoms with van der Waals surface area (Å²) < 4.78 is 37.2. The largest absolute Gasteiger partial charge is 0.383 e. The summed E-state index contributed by atoms with van der Waals surface area (Å²) in [5.74, 6) is -0.0417. The lowest BCUT2D eigenvalue weighted by atomic mass is 10.2. The van der Waals surface area contributed by atoms with E-state index in [2.05, 4.69) is 5.32 Å². The predicted molar refractivity (Wildman–Crippen MR) is 92.9 cm³/mol. The van der Waals surface area contributed by atoms with Gasteiger partial charge >= 0.3 is 6.03 Å². The smallest absolute Gasteiger partial charge is 0.321 e. The number of anilines is 1. The Hall–Kier alpha value is -1.68. The Labute approximate surface area is 147 Å². The first-order chi connectivity index (χ1) is 12.0. The van der Waals surface area contributed by atoms with Crippen molar-refractivity contribution in [1.82, 2.24) is 9.21 Å². The Morgan fingerprint density at radius 3 is 2.80 bits per heavy atom. The molecule has 2 saturated heterocycles. The van der Waals surface area contributed by atoms with Crippen LogP contribution in [0.5, 0.6) is 0 Å². The maximum absolute atomic E-state index is 12.5. The number of nitrogens with zero attached hydrogens (tertiary/aromatic N) is 2. The van der Waals surface area contributed by atoms with Crippen molar-refractivity contribution in [3.05, 3.63) is 30.3 Å². The molecule has 2 heterocycles. The molecule has 0 unspecified atom stereocenters. The third kappa shape index (κ3) is 4.12. The molecular formula is C16H23N3O5S. The Kier molecular flexibility index (Phi) is 5.57. The first-order valence-electron chi connectivity index (χ1n) is 8.22. The second-order valence-electron chi connectivity index (χ2n) is 6.10.